The highest BCUT2D eigenvalue weighted by Gasteiger charge is 2.08. The highest BCUT2D eigenvalue weighted by Crippen LogP contribution is 2.28. The Bertz CT molecular complexity index is 713. The van der Waals surface area contributed by atoms with Gasteiger partial charge in [-0.25, -0.2) is 4.98 Å². The minimum atomic E-state index is 0.498. The number of benzene rings is 1. The van der Waals surface area contributed by atoms with E-state index in [0.29, 0.717) is 15.6 Å². The van der Waals surface area contributed by atoms with Gasteiger partial charge in [-0.1, -0.05) is 11.6 Å². The van der Waals surface area contributed by atoms with E-state index in [1.165, 1.54) is 11.3 Å². The molecular weight excluding hydrogens is 304 g/mol. The fourth-order valence-corrected chi connectivity index (χ4v) is 2.72. The van der Waals surface area contributed by atoms with Gasteiger partial charge in [0.05, 0.1) is 11.4 Å². The molecule has 0 aliphatic heterocycles. The van der Waals surface area contributed by atoms with Crippen LogP contribution in [0, 0.1) is 18.3 Å². The Morgan fingerprint density at radius 2 is 2.24 bits per heavy atom. The average Bonchev–Trinajstić information content (AvgIpc) is 2.86. The molecule has 1 aromatic heterocycles. The van der Waals surface area contributed by atoms with Gasteiger partial charge in [0.1, 0.15) is 16.6 Å². The molecule has 0 saturated heterocycles. The maximum absolute atomic E-state index is 9.27. The zero-order valence-electron chi connectivity index (χ0n) is 12.0. The number of nitrogens with one attached hydrogen (secondary N) is 1. The Balaban J connectivity index is 2.31. The molecule has 0 saturated carbocycles. The molecule has 0 amide bonds. The van der Waals surface area contributed by atoms with Gasteiger partial charge in [-0.2, -0.15) is 5.26 Å². The third-order valence-electron chi connectivity index (χ3n) is 2.78. The van der Waals surface area contributed by atoms with Crippen molar-refractivity contribution in [2.45, 2.75) is 6.92 Å². The van der Waals surface area contributed by atoms with Crippen molar-refractivity contribution in [1.29, 1.82) is 5.26 Å². The Morgan fingerprint density at radius 1 is 1.48 bits per heavy atom. The molecule has 0 aliphatic carbocycles. The van der Waals surface area contributed by atoms with Crippen LogP contribution in [0.3, 0.4) is 0 Å². The predicted molar refractivity (Wildman–Crippen MR) is 89.8 cm³/mol. The molecule has 0 aliphatic rings. The van der Waals surface area contributed by atoms with Gasteiger partial charge in [0.2, 0.25) is 0 Å². The maximum atomic E-state index is 9.27. The van der Waals surface area contributed by atoms with Crippen molar-refractivity contribution >= 4 is 39.9 Å². The number of halogens is 1. The normalized spacial score (nSPS) is 11.1. The first-order valence-electron chi connectivity index (χ1n) is 6.27. The summed E-state index contributed by atoms with van der Waals surface area (Å²) in [5, 5.41) is 15.7. The fourth-order valence-electron chi connectivity index (χ4n) is 1.78. The van der Waals surface area contributed by atoms with E-state index < -0.39 is 0 Å². The molecule has 0 unspecified atom stereocenters. The SMILES string of the molecule is Cc1csc(/C(C#N)=C/Nc2cc(Cl)ccc2N(C)C)n1. The van der Waals surface area contributed by atoms with E-state index in [-0.39, 0.29) is 0 Å². The quantitative estimate of drug-likeness (QED) is 0.860. The Morgan fingerprint density at radius 3 is 2.81 bits per heavy atom. The second kappa shape index (κ2) is 6.61. The first-order valence-corrected chi connectivity index (χ1v) is 7.53. The van der Waals surface area contributed by atoms with E-state index >= 15 is 0 Å². The lowest BCUT2D eigenvalue weighted by molar-refractivity contribution is 1.13. The van der Waals surface area contributed by atoms with Crippen LogP contribution in [-0.2, 0) is 0 Å². The third kappa shape index (κ3) is 3.75. The number of nitriles is 1. The van der Waals surface area contributed by atoms with Crippen LogP contribution in [0.4, 0.5) is 11.4 Å². The average molecular weight is 319 g/mol. The zero-order chi connectivity index (χ0) is 15.4. The van der Waals surface area contributed by atoms with Crippen LogP contribution < -0.4 is 10.2 Å². The van der Waals surface area contributed by atoms with Crippen LogP contribution in [0.15, 0.2) is 29.8 Å². The van der Waals surface area contributed by atoms with E-state index in [9.17, 15) is 5.26 Å². The van der Waals surface area contributed by atoms with Crippen molar-refractivity contribution in [3.05, 3.63) is 45.5 Å². The van der Waals surface area contributed by atoms with Gasteiger partial charge >= 0.3 is 0 Å². The molecule has 1 N–H and O–H groups in total. The summed E-state index contributed by atoms with van der Waals surface area (Å²) in [6.45, 7) is 1.91. The lowest BCUT2D eigenvalue weighted by Gasteiger charge is -2.17. The molecule has 2 aromatic rings. The van der Waals surface area contributed by atoms with Crippen molar-refractivity contribution in [2.75, 3.05) is 24.3 Å². The van der Waals surface area contributed by atoms with Crippen molar-refractivity contribution in [2.24, 2.45) is 0 Å². The van der Waals surface area contributed by atoms with Gasteiger partial charge in [-0.15, -0.1) is 11.3 Å². The Labute approximate surface area is 133 Å². The largest absolute Gasteiger partial charge is 0.376 e. The molecule has 0 bridgehead atoms. The summed E-state index contributed by atoms with van der Waals surface area (Å²) in [5.41, 5.74) is 3.24. The van der Waals surface area contributed by atoms with E-state index in [1.54, 1.807) is 6.20 Å². The molecule has 1 heterocycles. The van der Waals surface area contributed by atoms with Gasteiger partial charge in [0.15, 0.2) is 0 Å². The van der Waals surface area contributed by atoms with E-state index in [2.05, 4.69) is 16.4 Å². The number of rotatable bonds is 4. The highest BCUT2D eigenvalue weighted by molar-refractivity contribution is 7.10. The molecule has 2 rings (SSSR count). The van der Waals surface area contributed by atoms with Crippen molar-refractivity contribution in [3.8, 4) is 6.07 Å². The first kappa shape index (κ1) is 15.4. The minimum Gasteiger partial charge on any atom is -0.376 e. The summed E-state index contributed by atoms with van der Waals surface area (Å²) in [4.78, 5) is 6.30. The van der Waals surface area contributed by atoms with Gasteiger partial charge in [0, 0.05) is 36.4 Å². The second-order valence-electron chi connectivity index (χ2n) is 4.66. The molecule has 6 heteroatoms. The topological polar surface area (TPSA) is 52.0 Å². The van der Waals surface area contributed by atoms with Crippen LogP contribution in [0.1, 0.15) is 10.7 Å². The molecule has 4 nitrogen and oxygen atoms in total. The predicted octanol–water partition coefficient (Wildman–Crippen LogP) is 4.15. The fraction of sp³-hybridized carbons (Fsp3) is 0.200. The van der Waals surface area contributed by atoms with Gasteiger partial charge in [-0.05, 0) is 25.1 Å². The number of aryl methyl sites for hydroxylation is 1. The minimum absolute atomic E-state index is 0.498. The third-order valence-corrected chi connectivity index (χ3v) is 4.01. The Kier molecular flexibility index (Phi) is 4.84. The number of allylic oxidation sites excluding steroid dienone is 1. The lowest BCUT2D eigenvalue weighted by atomic mass is 10.2. The van der Waals surface area contributed by atoms with E-state index in [4.69, 9.17) is 11.6 Å². The molecule has 21 heavy (non-hydrogen) atoms. The van der Waals surface area contributed by atoms with E-state index in [0.717, 1.165) is 17.1 Å². The van der Waals surface area contributed by atoms with Crippen LogP contribution in [0.2, 0.25) is 5.02 Å². The van der Waals surface area contributed by atoms with Gasteiger partial charge < -0.3 is 10.2 Å². The number of nitrogens with zero attached hydrogens (tertiary/aromatic N) is 3. The van der Waals surface area contributed by atoms with Crippen molar-refractivity contribution in [3.63, 3.8) is 0 Å². The molecule has 0 spiro atoms. The summed E-state index contributed by atoms with van der Waals surface area (Å²) in [6.07, 6.45) is 1.66. The second-order valence-corrected chi connectivity index (χ2v) is 5.96. The smallest absolute Gasteiger partial charge is 0.135 e. The number of anilines is 2. The zero-order valence-corrected chi connectivity index (χ0v) is 13.6. The molecule has 0 radical (unpaired) electrons. The van der Waals surface area contributed by atoms with Crippen molar-refractivity contribution in [1.82, 2.24) is 4.98 Å². The maximum Gasteiger partial charge on any atom is 0.135 e. The molecule has 0 atom stereocenters. The number of thiazole rings is 1. The number of hydrogen-bond acceptors (Lipinski definition) is 5. The number of aromatic nitrogens is 1. The summed E-state index contributed by atoms with van der Waals surface area (Å²) in [7, 11) is 3.90. The van der Waals surface area contributed by atoms with Crippen LogP contribution in [-0.4, -0.2) is 19.1 Å². The summed E-state index contributed by atoms with van der Waals surface area (Å²) in [5.74, 6) is 0. The monoisotopic (exact) mass is 318 g/mol. The van der Waals surface area contributed by atoms with Crippen LogP contribution >= 0.6 is 22.9 Å². The molecular formula is C15H15ClN4S. The van der Waals surface area contributed by atoms with Gasteiger partial charge in [-0.3, -0.25) is 0 Å². The van der Waals surface area contributed by atoms with Gasteiger partial charge in [0.25, 0.3) is 0 Å². The lowest BCUT2D eigenvalue weighted by Crippen LogP contribution is -2.10. The van der Waals surface area contributed by atoms with Crippen molar-refractivity contribution < 1.29 is 0 Å². The van der Waals surface area contributed by atoms with E-state index in [1.807, 2.05) is 49.5 Å². The van der Waals surface area contributed by atoms with Crippen LogP contribution in [0.5, 0.6) is 0 Å². The Hall–Kier alpha value is -2.03. The molecule has 1 aromatic carbocycles. The molecule has 108 valence electrons. The standard InChI is InChI=1S/C15H15ClN4S/c1-10-9-21-15(19-10)11(7-17)8-18-13-6-12(16)4-5-14(13)20(2)3/h4-6,8-9,18H,1-3H3/b11-8+. The first-order chi connectivity index (χ1) is 10.0. The summed E-state index contributed by atoms with van der Waals surface area (Å²) < 4.78 is 0. The highest BCUT2D eigenvalue weighted by atomic mass is 35.5. The summed E-state index contributed by atoms with van der Waals surface area (Å²) >= 11 is 7.49. The molecule has 0 fully saturated rings. The number of hydrogen-bond donors (Lipinski definition) is 1. The summed E-state index contributed by atoms with van der Waals surface area (Å²) in [6, 6.07) is 7.76. The van der Waals surface area contributed by atoms with Crippen LogP contribution in [0.25, 0.3) is 5.57 Å².